The largest absolute Gasteiger partial charge is 0.306 e. The summed E-state index contributed by atoms with van der Waals surface area (Å²) >= 11 is 5.93. The number of nitrogens with zero attached hydrogens (tertiary/aromatic N) is 2. The van der Waals surface area contributed by atoms with Crippen molar-refractivity contribution in [2.24, 2.45) is 0 Å². The second kappa shape index (κ2) is 6.03. The lowest BCUT2D eigenvalue weighted by Gasteiger charge is -2.09. The molecule has 0 atom stereocenters. The van der Waals surface area contributed by atoms with E-state index in [0.29, 0.717) is 16.4 Å². The van der Waals surface area contributed by atoms with Gasteiger partial charge in [0.25, 0.3) is 5.91 Å². The van der Waals surface area contributed by atoms with Crippen molar-refractivity contribution in [2.75, 3.05) is 5.32 Å². The van der Waals surface area contributed by atoms with Crippen molar-refractivity contribution in [3.63, 3.8) is 0 Å². The van der Waals surface area contributed by atoms with Gasteiger partial charge in [-0.3, -0.25) is 4.79 Å². The number of para-hydroxylation sites is 1. The molecule has 1 aromatic heterocycles. The van der Waals surface area contributed by atoms with Gasteiger partial charge in [0.2, 0.25) is 0 Å². The summed E-state index contributed by atoms with van der Waals surface area (Å²) in [7, 11) is 0. The molecule has 0 aliphatic heterocycles. The van der Waals surface area contributed by atoms with Gasteiger partial charge in [-0.25, -0.2) is 4.68 Å². The third-order valence-electron chi connectivity index (χ3n) is 3.16. The van der Waals surface area contributed by atoms with Gasteiger partial charge >= 0.3 is 0 Å². The van der Waals surface area contributed by atoms with Crippen LogP contribution >= 0.6 is 11.6 Å². The van der Waals surface area contributed by atoms with Crippen LogP contribution in [0.25, 0.3) is 5.69 Å². The topological polar surface area (TPSA) is 46.9 Å². The van der Waals surface area contributed by atoms with Crippen LogP contribution in [0.15, 0.2) is 60.7 Å². The molecule has 1 amide bonds. The summed E-state index contributed by atoms with van der Waals surface area (Å²) in [6.45, 7) is 1.88. The highest BCUT2D eigenvalue weighted by atomic mass is 35.5. The van der Waals surface area contributed by atoms with E-state index in [4.69, 9.17) is 11.6 Å². The summed E-state index contributed by atoms with van der Waals surface area (Å²) < 4.78 is 1.71. The molecule has 0 aliphatic rings. The van der Waals surface area contributed by atoms with Crippen molar-refractivity contribution < 1.29 is 4.79 Å². The third-order valence-corrected chi connectivity index (χ3v) is 3.40. The molecule has 0 fully saturated rings. The van der Waals surface area contributed by atoms with Gasteiger partial charge in [0, 0.05) is 16.7 Å². The maximum atomic E-state index is 12.3. The normalized spacial score (nSPS) is 10.5. The van der Waals surface area contributed by atoms with Crippen LogP contribution in [0.3, 0.4) is 0 Å². The second-order valence-electron chi connectivity index (χ2n) is 4.88. The van der Waals surface area contributed by atoms with Crippen LogP contribution in [0, 0.1) is 6.92 Å². The average molecular weight is 312 g/mol. The maximum absolute atomic E-state index is 12.3. The van der Waals surface area contributed by atoms with Gasteiger partial charge in [-0.2, -0.15) is 5.10 Å². The molecule has 0 bridgehead atoms. The van der Waals surface area contributed by atoms with Crippen molar-refractivity contribution in [2.45, 2.75) is 6.92 Å². The summed E-state index contributed by atoms with van der Waals surface area (Å²) in [5.41, 5.74) is 2.22. The van der Waals surface area contributed by atoms with E-state index >= 15 is 0 Å². The number of hydrogen-bond acceptors (Lipinski definition) is 2. The molecule has 0 saturated heterocycles. The van der Waals surface area contributed by atoms with Crippen molar-refractivity contribution in [1.82, 2.24) is 9.78 Å². The number of carbonyl (C=O) groups excluding carboxylic acids is 1. The molecule has 0 unspecified atom stereocenters. The predicted molar refractivity (Wildman–Crippen MR) is 87.7 cm³/mol. The number of halogens is 1. The van der Waals surface area contributed by atoms with E-state index in [1.165, 1.54) is 0 Å². The Morgan fingerprint density at radius 2 is 1.86 bits per heavy atom. The Hall–Kier alpha value is -2.59. The first-order chi connectivity index (χ1) is 10.6. The zero-order valence-corrected chi connectivity index (χ0v) is 12.7. The van der Waals surface area contributed by atoms with Gasteiger partial charge in [0.1, 0.15) is 5.82 Å². The smallest absolute Gasteiger partial charge is 0.256 e. The molecule has 3 aromatic rings. The van der Waals surface area contributed by atoms with E-state index in [1.54, 1.807) is 28.9 Å². The zero-order chi connectivity index (χ0) is 15.5. The molecule has 0 saturated carbocycles. The van der Waals surface area contributed by atoms with Gasteiger partial charge in [0.15, 0.2) is 0 Å². The van der Waals surface area contributed by atoms with E-state index in [1.807, 2.05) is 43.3 Å². The molecule has 3 rings (SSSR count). The second-order valence-corrected chi connectivity index (χ2v) is 5.32. The molecular formula is C17H14ClN3O. The van der Waals surface area contributed by atoms with E-state index < -0.39 is 0 Å². The first-order valence-electron chi connectivity index (χ1n) is 6.82. The summed E-state index contributed by atoms with van der Waals surface area (Å²) in [6.07, 6.45) is 0. The minimum absolute atomic E-state index is 0.223. The van der Waals surface area contributed by atoms with Crippen LogP contribution in [0.2, 0.25) is 5.02 Å². The molecule has 110 valence electrons. The van der Waals surface area contributed by atoms with Crippen molar-refractivity contribution in [3.05, 3.63) is 76.9 Å². The molecule has 0 aliphatic carbocycles. The highest BCUT2D eigenvalue weighted by molar-refractivity contribution is 6.31. The molecule has 0 spiro atoms. The summed E-state index contributed by atoms with van der Waals surface area (Å²) in [5.74, 6) is 0.397. The monoisotopic (exact) mass is 311 g/mol. The van der Waals surface area contributed by atoms with Crippen molar-refractivity contribution in [3.8, 4) is 5.69 Å². The number of nitrogens with one attached hydrogen (secondary N) is 1. The van der Waals surface area contributed by atoms with E-state index in [9.17, 15) is 4.79 Å². The summed E-state index contributed by atoms with van der Waals surface area (Å²) in [6, 6.07) is 18.3. The molecule has 5 heteroatoms. The van der Waals surface area contributed by atoms with Gasteiger partial charge in [0.05, 0.1) is 11.4 Å². The Morgan fingerprint density at radius 1 is 1.09 bits per heavy atom. The Morgan fingerprint density at radius 3 is 2.59 bits per heavy atom. The fourth-order valence-electron chi connectivity index (χ4n) is 2.17. The molecule has 4 nitrogen and oxygen atoms in total. The fraction of sp³-hybridized carbons (Fsp3) is 0.0588. The number of aryl methyl sites for hydroxylation is 1. The predicted octanol–water partition coefficient (Wildman–Crippen LogP) is 4.09. The molecule has 0 radical (unpaired) electrons. The van der Waals surface area contributed by atoms with Crippen LogP contribution in [0.1, 0.15) is 16.1 Å². The molecule has 1 N–H and O–H groups in total. The Balaban J connectivity index is 1.92. The van der Waals surface area contributed by atoms with E-state index in [0.717, 1.165) is 11.4 Å². The SMILES string of the molecule is Cc1cc(NC(=O)c2cccc(Cl)c2)n(-c2ccccc2)n1. The quantitative estimate of drug-likeness (QED) is 0.792. The van der Waals surface area contributed by atoms with Gasteiger partial charge in [-0.15, -0.1) is 0 Å². The third kappa shape index (κ3) is 3.02. The number of rotatable bonds is 3. The number of aromatic nitrogens is 2. The highest BCUT2D eigenvalue weighted by Gasteiger charge is 2.12. The molecule has 1 heterocycles. The Bertz CT molecular complexity index is 812. The molecule has 2 aromatic carbocycles. The average Bonchev–Trinajstić information content (AvgIpc) is 2.88. The maximum Gasteiger partial charge on any atom is 0.256 e. The Kier molecular flexibility index (Phi) is 3.94. The summed E-state index contributed by atoms with van der Waals surface area (Å²) in [4.78, 5) is 12.3. The van der Waals surface area contributed by atoms with Gasteiger partial charge in [-0.1, -0.05) is 35.9 Å². The van der Waals surface area contributed by atoms with Crippen molar-refractivity contribution >= 4 is 23.3 Å². The number of hydrogen-bond donors (Lipinski definition) is 1. The van der Waals surface area contributed by atoms with Crippen molar-refractivity contribution in [1.29, 1.82) is 0 Å². The van der Waals surface area contributed by atoms with Crippen LogP contribution in [0.5, 0.6) is 0 Å². The van der Waals surface area contributed by atoms with Gasteiger partial charge in [-0.05, 0) is 37.3 Å². The minimum atomic E-state index is -0.223. The fourth-order valence-corrected chi connectivity index (χ4v) is 2.36. The lowest BCUT2D eigenvalue weighted by atomic mass is 10.2. The molecular weight excluding hydrogens is 298 g/mol. The number of anilines is 1. The van der Waals surface area contributed by atoms with E-state index in [-0.39, 0.29) is 5.91 Å². The number of amides is 1. The lowest BCUT2D eigenvalue weighted by molar-refractivity contribution is 0.102. The standard InChI is InChI=1S/C17H14ClN3O/c1-12-10-16(21(20-12)15-8-3-2-4-9-15)19-17(22)13-6-5-7-14(18)11-13/h2-11H,1H3,(H,19,22). The summed E-state index contributed by atoms with van der Waals surface area (Å²) in [5, 5.41) is 7.83. The van der Waals surface area contributed by atoms with E-state index in [2.05, 4.69) is 10.4 Å². The first kappa shape index (κ1) is 14.4. The minimum Gasteiger partial charge on any atom is -0.306 e. The van der Waals surface area contributed by atoms with Crippen LogP contribution < -0.4 is 5.32 Å². The number of carbonyl (C=O) groups is 1. The molecule has 22 heavy (non-hydrogen) atoms. The van der Waals surface area contributed by atoms with Crippen LogP contribution in [-0.2, 0) is 0 Å². The first-order valence-corrected chi connectivity index (χ1v) is 7.20. The number of benzene rings is 2. The van der Waals surface area contributed by atoms with Crippen LogP contribution in [-0.4, -0.2) is 15.7 Å². The highest BCUT2D eigenvalue weighted by Crippen LogP contribution is 2.18. The lowest BCUT2D eigenvalue weighted by Crippen LogP contribution is -2.15. The zero-order valence-electron chi connectivity index (χ0n) is 12.0. The Labute approximate surface area is 133 Å². The van der Waals surface area contributed by atoms with Gasteiger partial charge < -0.3 is 5.32 Å². The van der Waals surface area contributed by atoms with Crippen LogP contribution in [0.4, 0.5) is 5.82 Å².